The second kappa shape index (κ2) is 10.4. The summed E-state index contributed by atoms with van der Waals surface area (Å²) in [6.45, 7) is 4.03. The molecule has 0 heterocycles. The Labute approximate surface area is 94.9 Å². The minimum absolute atomic E-state index is 0.0586. The lowest BCUT2D eigenvalue weighted by Crippen LogP contribution is -2.27. The van der Waals surface area contributed by atoms with Crippen LogP contribution in [0.1, 0.15) is 19.8 Å². The van der Waals surface area contributed by atoms with E-state index >= 15 is 0 Å². The lowest BCUT2D eigenvalue weighted by molar-refractivity contribution is -0.136. The Kier molecular flexibility index (Phi) is 9.64. The van der Waals surface area contributed by atoms with Crippen LogP contribution in [-0.4, -0.2) is 50.0 Å². The first-order valence-corrected chi connectivity index (χ1v) is 5.30. The molecule has 0 radical (unpaired) electrons. The Balaban J connectivity index is 3.20. The van der Waals surface area contributed by atoms with Crippen LogP contribution >= 0.6 is 0 Å². The van der Waals surface area contributed by atoms with Crippen molar-refractivity contribution in [2.24, 2.45) is 0 Å². The summed E-state index contributed by atoms with van der Waals surface area (Å²) in [7, 11) is 0. The largest absolute Gasteiger partial charge is 0.481 e. The minimum Gasteiger partial charge on any atom is -0.481 e. The van der Waals surface area contributed by atoms with Crippen molar-refractivity contribution >= 4 is 11.9 Å². The van der Waals surface area contributed by atoms with Crippen LogP contribution in [0.15, 0.2) is 0 Å². The number of hydrogen-bond donors (Lipinski definition) is 2. The zero-order valence-corrected chi connectivity index (χ0v) is 9.53. The monoisotopic (exact) mass is 233 g/mol. The zero-order valence-electron chi connectivity index (χ0n) is 9.53. The maximum absolute atomic E-state index is 11.1. The van der Waals surface area contributed by atoms with Gasteiger partial charge in [-0.1, -0.05) is 0 Å². The molecule has 0 bridgehead atoms. The summed E-state index contributed by atoms with van der Waals surface area (Å²) in [5.41, 5.74) is 0. The molecule has 0 rings (SSSR count). The molecule has 0 fully saturated rings. The van der Waals surface area contributed by atoms with E-state index in [0.717, 1.165) is 0 Å². The molecule has 0 unspecified atom stereocenters. The van der Waals surface area contributed by atoms with Crippen LogP contribution in [-0.2, 0) is 19.1 Å². The maximum Gasteiger partial charge on any atom is 0.305 e. The molecule has 0 aromatic carbocycles. The van der Waals surface area contributed by atoms with Gasteiger partial charge in [0, 0.05) is 19.6 Å². The molecule has 16 heavy (non-hydrogen) atoms. The van der Waals surface area contributed by atoms with Gasteiger partial charge in [0.1, 0.15) is 0 Å². The van der Waals surface area contributed by atoms with Gasteiger partial charge in [-0.3, -0.25) is 9.59 Å². The molecule has 94 valence electrons. The quantitative estimate of drug-likeness (QED) is 0.520. The summed E-state index contributed by atoms with van der Waals surface area (Å²) in [6, 6.07) is 0. The second-order valence-corrected chi connectivity index (χ2v) is 3.05. The fourth-order valence-electron chi connectivity index (χ4n) is 0.926. The number of nitrogens with one attached hydrogen (secondary N) is 1. The Morgan fingerprint density at radius 1 is 1.12 bits per heavy atom. The van der Waals surface area contributed by atoms with E-state index < -0.39 is 5.97 Å². The van der Waals surface area contributed by atoms with E-state index in [1.165, 1.54) is 0 Å². The molecule has 0 atom stereocenters. The normalized spacial score (nSPS) is 10.1. The van der Waals surface area contributed by atoms with E-state index in [0.29, 0.717) is 26.4 Å². The van der Waals surface area contributed by atoms with Gasteiger partial charge in [0.05, 0.1) is 26.2 Å². The van der Waals surface area contributed by atoms with Crippen molar-refractivity contribution in [2.45, 2.75) is 19.8 Å². The van der Waals surface area contributed by atoms with Crippen LogP contribution in [0.2, 0.25) is 0 Å². The van der Waals surface area contributed by atoms with Gasteiger partial charge in [-0.05, 0) is 6.92 Å². The summed E-state index contributed by atoms with van der Waals surface area (Å²) in [6.07, 6.45) is 0.183. The van der Waals surface area contributed by atoms with Gasteiger partial charge in [0.2, 0.25) is 5.91 Å². The molecular weight excluding hydrogens is 214 g/mol. The standard InChI is InChI=1S/C10H19NO5/c1-2-15-7-8-16-6-4-9(12)11-5-3-10(13)14/h2-8H2,1H3,(H,11,12)(H,13,14). The lowest BCUT2D eigenvalue weighted by Gasteiger charge is -2.05. The average molecular weight is 233 g/mol. The van der Waals surface area contributed by atoms with Crippen molar-refractivity contribution in [2.75, 3.05) is 33.0 Å². The molecule has 0 aliphatic heterocycles. The van der Waals surface area contributed by atoms with E-state index in [-0.39, 0.29) is 25.3 Å². The van der Waals surface area contributed by atoms with Crippen LogP contribution in [0, 0.1) is 0 Å². The molecule has 0 spiro atoms. The van der Waals surface area contributed by atoms with Crippen LogP contribution in [0.4, 0.5) is 0 Å². The van der Waals surface area contributed by atoms with Crippen molar-refractivity contribution in [3.05, 3.63) is 0 Å². The van der Waals surface area contributed by atoms with Gasteiger partial charge >= 0.3 is 5.97 Å². The predicted octanol–water partition coefficient (Wildman–Crippen LogP) is 0.0205. The first-order valence-electron chi connectivity index (χ1n) is 5.30. The molecule has 0 aromatic heterocycles. The molecule has 0 aliphatic carbocycles. The molecule has 1 amide bonds. The number of carbonyl (C=O) groups excluding carboxylic acids is 1. The van der Waals surface area contributed by atoms with E-state index in [1.807, 2.05) is 6.92 Å². The minimum atomic E-state index is -0.923. The third-order valence-electron chi connectivity index (χ3n) is 1.71. The third-order valence-corrected chi connectivity index (χ3v) is 1.71. The topological polar surface area (TPSA) is 84.9 Å². The molecule has 2 N–H and O–H groups in total. The number of rotatable bonds is 10. The first-order chi connectivity index (χ1) is 7.66. The number of ether oxygens (including phenoxy) is 2. The van der Waals surface area contributed by atoms with Crippen molar-refractivity contribution in [1.82, 2.24) is 5.32 Å². The molecule has 0 saturated heterocycles. The highest BCUT2D eigenvalue weighted by Crippen LogP contribution is 1.85. The summed E-state index contributed by atoms with van der Waals surface area (Å²) in [5, 5.41) is 10.8. The number of aliphatic carboxylic acids is 1. The maximum atomic E-state index is 11.1. The highest BCUT2D eigenvalue weighted by molar-refractivity contribution is 5.76. The van der Waals surface area contributed by atoms with E-state index in [1.54, 1.807) is 0 Å². The number of carboxylic acid groups (broad SMARTS) is 1. The third kappa shape index (κ3) is 10.9. The Hall–Kier alpha value is -1.14. The number of carboxylic acids is 1. The van der Waals surface area contributed by atoms with Gasteiger partial charge in [-0.15, -0.1) is 0 Å². The summed E-state index contributed by atoms with van der Waals surface area (Å²) < 4.78 is 10.2. The summed E-state index contributed by atoms with van der Waals surface area (Å²) >= 11 is 0. The van der Waals surface area contributed by atoms with Crippen LogP contribution in [0.5, 0.6) is 0 Å². The smallest absolute Gasteiger partial charge is 0.305 e. The SMILES string of the molecule is CCOCCOCCC(=O)NCCC(=O)O. The second-order valence-electron chi connectivity index (χ2n) is 3.05. The van der Waals surface area contributed by atoms with Crippen LogP contribution in [0.3, 0.4) is 0 Å². The molecule has 0 aliphatic rings. The van der Waals surface area contributed by atoms with Gasteiger partial charge < -0.3 is 19.9 Å². The van der Waals surface area contributed by atoms with Crippen molar-refractivity contribution < 1.29 is 24.2 Å². The molecule has 6 heteroatoms. The Bertz CT molecular complexity index is 207. The van der Waals surface area contributed by atoms with Crippen molar-refractivity contribution in [1.29, 1.82) is 0 Å². The molecule has 0 aromatic rings. The highest BCUT2D eigenvalue weighted by atomic mass is 16.5. The van der Waals surface area contributed by atoms with Crippen molar-refractivity contribution in [3.8, 4) is 0 Å². The molecular formula is C10H19NO5. The van der Waals surface area contributed by atoms with Crippen molar-refractivity contribution in [3.63, 3.8) is 0 Å². The number of amides is 1. The van der Waals surface area contributed by atoms with Crippen LogP contribution in [0.25, 0.3) is 0 Å². The fraction of sp³-hybridized carbons (Fsp3) is 0.800. The summed E-state index contributed by atoms with van der Waals surface area (Å²) in [5.74, 6) is -1.12. The number of hydrogen-bond acceptors (Lipinski definition) is 4. The Morgan fingerprint density at radius 3 is 2.44 bits per heavy atom. The Morgan fingerprint density at radius 2 is 1.81 bits per heavy atom. The van der Waals surface area contributed by atoms with E-state index in [2.05, 4.69) is 5.32 Å². The van der Waals surface area contributed by atoms with E-state index in [9.17, 15) is 9.59 Å². The predicted molar refractivity (Wildman–Crippen MR) is 57.2 cm³/mol. The zero-order chi connectivity index (χ0) is 12.2. The lowest BCUT2D eigenvalue weighted by atomic mass is 10.4. The van der Waals surface area contributed by atoms with Gasteiger partial charge in [-0.2, -0.15) is 0 Å². The van der Waals surface area contributed by atoms with Gasteiger partial charge in [-0.25, -0.2) is 0 Å². The van der Waals surface area contributed by atoms with Gasteiger partial charge in [0.15, 0.2) is 0 Å². The number of carbonyl (C=O) groups is 2. The van der Waals surface area contributed by atoms with E-state index in [4.69, 9.17) is 14.6 Å². The van der Waals surface area contributed by atoms with Gasteiger partial charge in [0.25, 0.3) is 0 Å². The average Bonchev–Trinajstić information content (AvgIpc) is 2.22. The first kappa shape index (κ1) is 14.9. The fourth-order valence-corrected chi connectivity index (χ4v) is 0.926. The summed E-state index contributed by atoms with van der Waals surface area (Å²) in [4.78, 5) is 21.2. The molecule has 6 nitrogen and oxygen atoms in total. The highest BCUT2D eigenvalue weighted by Gasteiger charge is 2.02. The van der Waals surface area contributed by atoms with Crippen LogP contribution < -0.4 is 5.32 Å². The molecule has 0 saturated carbocycles.